The predicted octanol–water partition coefficient (Wildman–Crippen LogP) is 5.22. The van der Waals surface area contributed by atoms with Crippen LogP contribution in [0.2, 0.25) is 0 Å². The standard InChI is InChI=1S/C27H20N4O5S/c1-34-26(33)21-11-12-35-24-14-23(18(15-28)13-22(21)24)36-20-9-7-17(8-10-20)25(32)31(27-30-29-16-37-27)19-5-3-2-4-6-19/h2-10,13-14,16,21H,11-12H2,1H3. The van der Waals surface area contributed by atoms with Gasteiger partial charge in [0, 0.05) is 17.2 Å². The van der Waals surface area contributed by atoms with Crippen LogP contribution >= 0.6 is 11.3 Å². The molecule has 10 heteroatoms. The normalized spacial score (nSPS) is 14.0. The first-order valence-electron chi connectivity index (χ1n) is 11.3. The lowest BCUT2D eigenvalue weighted by atomic mass is 9.91. The van der Waals surface area contributed by atoms with E-state index in [2.05, 4.69) is 16.3 Å². The van der Waals surface area contributed by atoms with Crippen molar-refractivity contribution in [2.24, 2.45) is 0 Å². The van der Waals surface area contributed by atoms with E-state index in [4.69, 9.17) is 14.2 Å². The number of ether oxygens (including phenoxy) is 3. The fourth-order valence-electron chi connectivity index (χ4n) is 4.05. The smallest absolute Gasteiger partial charge is 0.313 e. The largest absolute Gasteiger partial charge is 0.493 e. The molecule has 0 N–H and O–H groups in total. The van der Waals surface area contributed by atoms with E-state index >= 15 is 0 Å². The highest BCUT2D eigenvalue weighted by Crippen LogP contribution is 2.40. The lowest BCUT2D eigenvalue weighted by Crippen LogP contribution is -2.25. The van der Waals surface area contributed by atoms with Crippen LogP contribution in [0, 0.1) is 11.3 Å². The highest BCUT2D eigenvalue weighted by atomic mass is 32.1. The zero-order valence-electron chi connectivity index (χ0n) is 19.7. The number of hydrogen-bond acceptors (Lipinski definition) is 9. The van der Waals surface area contributed by atoms with E-state index in [0.29, 0.717) is 46.5 Å². The van der Waals surface area contributed by atoms with Crippen molar-refractivity contribution in [3.63, 3.8) is 0 Å². The number of aromatic nitrogens is 2. The zero-order valence-corrected chi connectivity index (χ0v) is 20.5. The fraction of sp³-hybridized carbons (Fsp3) is 0.148. The molecule has 5 rings (SSSR count). The molecule has 4 aromatic rings. The molecule has 3 aromatic carbocycles. The lowest BCUT2D eigenvalue weighted by molar-refractivity contribution is -0.143. The SMILES string of the molecule is COC(=O)C1CCOc2cc(Oc3ccc(C(=O)N(c4ccccc4)c4nncs4)cc3)c(C#N)cc21. The Balaban J connectivity index is 1.40. The van der Waals surface area contributed by atoms with E-state index in [0.717, 1.165) is 0 Å². The first kappa shape index (κ1) is 24.0. The van der Waals surface area contributed by atoms with Crippen LogP contribution in [0.15, 0.2) is 72.2 Å². The summed E-state index contributed by atoms with van der Waals surface area (Å²) in [6.45, 7) is 0.349. The van der Waals surface area contributed by atoms with Gasteiger partial charge in [-0.2, -0.15) is 5.26 Å². The number of para-hydroxylation sites is 1. The van der Waals surface area contributed by atoms with Crippen molar-refractivity contribution < 1.29 is 23.8 Å². The minimum atomic E-state index is -0.499. The summed E-state index contributed by atoms with van der Waals surface area (Å²) >= 11 is 1.26. The van der Waals surface area contributed by atoms with Crippen LogP contribution in [-0.2, 0) is 9.53 Å². The molecule has 0 fully saturated rings. The third-order valence-electron chi connectivity index (χ3n) is 5.84. The van der Waals surface area contributed by atoms with Gasteiger partial charge in [-0.3, -0.25) is 14.5 Å². The second kappa shape index (κ2) is 10.5. The van der Waals surface area contributed by atoms with Gasteiger partial charge in [0.15, 0.2) is 0 Å². The Morgan fingerprint density at radius 1 is 1.14 bits per heavy atom. The molecule has 1 unspecified atom stereocenters. The van der Waals surface area contributed by atoms with E-state index in [-0.39, 0.29) is 23.2 Å². The van der Waals surface area contributed by atoms with Gasteiger partial charge in [0.25, 0.3) is 5.91 Å². The first-order valence-corrected chi connectivity index (χ1v) is 12.2. The number of carbonyl (C=O) groups is 2. The Morgan fingerprint density at radius 2 is 1.92 bits per heavy atom. The molecule has 0 bridgehead atoms. The van der Waals surface area contributed by atoms with E-state index in [1.54, 1.807) is 41.9 Å². The van der Waals surface area contributed by atoms with E-state index in [1.165, 1.54) is 23.3 Å². The van der Waals surface area contributed by atoms with Gasteiger partial charge < -0.3 is 14.2 Å². The van der Waals surface area contributed by atoms with Crippen molar-refractivity contribution in [3.8, 4) is 23.3 Å². The van der Waals surface area contributed by atoms with Crippen LogP contribution in [0.4, 0.5) is 10.8 Å². The van der Waals surface area contributed by atoms with E-state index in [9.17, 15) is 14.9 Å². The fourth-order valence-corrected chi connectivity index (χ4v) is 4.63. The second-order valence-corrected chi connectivity index (χ2v) is 8.85. The van der Waals surface area contributed by atoms with Crippen LogP contribution in [-0.4, -0.2) is 35.8 Å². The van der Waals surface area contributed by atoms with Crippen LogP contribution in [0.3, 0.4) is 0 Å². The number of carbonyl (C=O) groups excluding carboxylic acids is 2. The molecule has 1 aromatic heterocycles. The molecule has 1 atom stereocenters. The van der Waals surface area contributed by atoms with Crippen molar-refractivity contribution in [1.82, 2.24) is 10.2 Å². The van der Waals surface area contributed by atoms with Crippen molar-refractivity contribution in [3.05, 3.63) is 88.9 Å². The average Bonchev–Trinajstić information content (AvgIpc) is 3.47. The zero-order chi connectivity index (χ0) is 25.8. The molecule has 0 aliphatic carbocycles. The topological polar surface area (TPSA) is 115 Å². The summed E-state index contributed by atoms with van der Waals surface area (Å²) in [5, 5.41) is 18.1. The van der Waals surface area contributed by atoms with Gasteiger partial charge in [-0.05, 0) is 48.9 Å². The van der Waals surface area contributed by atoms with Crippen LogP contribution in [0.1, 0.15) is 33.8 Å². The predicted molar refractivity (Wildman–Crippen MR) is 135 cm³/mol. The first-order chi connectivity index (χ1) is 18.1. The maximum atomic E-state index is 13.4. The molecule has 1 aliphatic rings. The highest BCUT2D eigenvalue weighted by Gasteiger charge is 2.30. The Bertz CT molecular complexity index is 1470. The Hall–Kier alpha value is -4.75. The third-order valence-corrected chi connectivity index (χ3v) is 6.52. The summed E-state index contributed by atoms with van der Waals surface area (Å²) in [7, 11) is 1.33. The van der Waals surface area contributed by atoms with Crippen molar-refractivity contribution >= 4 is 34.0 Å². The molecule has 37 heavy (non-hydrogen) atoms. The number of benzene rings is 3. The molecular formula is C27H20N4O5S. The summed E-state index contributed by atoms with van der Waals surface area (Å²) in [5.74, 6) is 0.0311. The molecule has 0 saturated heterocycles. The van der Waals surface area contributed by atoms with Gasteiger partial charge in [-0.25, -0.2) is 0 Å². The quantitative estimate of drug-likeness (QED) is 0.323. The highest BCUT2D eigenvalue weighted by molar-refractivity contribution is 7.13. The van der Waals surface area contributed by atoms with Gasteiger partial charge in [0.2, 0.25) is 5.13 Å². The lowest BCUT2D eigenvalue weighted by Gasteiger charge is -2.25. The number of amides is 1. The van der Waals surface area contributed by atoms with Crippen molar-refractivity contribution in [2.45, 2.75) is 12.3 Å². The second-order valence-electron chi connectivity index (χ2n) is 8.03. The monoisotopic (exact) mass is 512 g/mol. The number of nitriles is 1. The van der Waals surface area contributed by atoms with Gasteiger partial charge in [0.05, 0.1) is 30.9 Å². The molecule has 0 radical (unpaired) electrons. The summed E-state index contributed by atoms with van der Waals surface area (Å²) in [6.07, 6.45) is 0.470. The van der Waals surface area contributed by atoms with Crippen LogP contribution in [0.5, 0.6) is 17.2 Å². The molecular weight excluding hydrogens is 492 g/mol. The molecule has 2 heterocycles. The van der Waals surface area contributed by atoms with Crippen LogP contribution in [0.25, 0.3) is 0 Å². The average molecular weight is 513 g/mol. The third kappa shape index (κ3) is 4.85. The summed E-state index contributed by atoms with van der Waals surface area (Å²) < 4.78 is 16.6. The number of esters is 1. The van der Waals surface area contributed by atoms with Gasteiger partial charge >= 0.3 is 5.97 Å². The van der Waals surface area contributed by atoms with Crippen molar-refractivity contribution in [1.29, 1.82) is 5.26 Å². The van der Waals surface area contributed by atoms with E-state index < -0.39 is 5.92 Å². The van der Waals surface area contributed by atoms with Gasteiger partial charge in [-0.15, -0.1) is 10.2 Å². The number of methoxy groups -OCH3 is 1. The number of rotatable bonds is 6. The van der Waals surface area contributed by atoms with Crippen LogP contribution < -0.4 is 14.4 Å². The Labute approximate surface area is 216 Å². The van der Waals surface area contributed by atoms with Gasteiger partial charge in [-0.1, -0.05) is 29.5 Å². The van der Waals surface area contributed by atoms with Crippen molar-refractivity contribution in [2.75, 3.05) is 18.6 Å². The molecule has 1 aliphatic heterocycles. The van der Waals surface area contributed by atoms with E-state index in [1.807, 2.05) is 30.3 Å². The maximum absolute atomic E-state index is 13.4. The number of anilines is 2. The minimum absolute atomic E-state index is 0.254. The minimum Gasteiger partial charge on any atom is -0.493 e. The van der Waals surface area contributed by atoms with Gasteiger partial charge in [0.1, 0.15) is 28.8 Å². The Kier molecular flexibility index (Phi) is 6.78. The molecule has 1 amide bonds. The summed E-state index contributed by atoms with van der Waals surface area (Å²) in [6, 6.07) is 21.1. The molecule has 0 saturated carbocycles. The molecule has 9 nitrogen and oxygen atoms in total. The number of nitrogens with zero attached hydrogens (tertiary/aromatic N) is 4. The molecule has 0 spiro atoms. The number of fused-ring (bicyclic) bond motifs is 1. The Morgan fingerprint density at radius 3 is 2.59 bits per heavy atom. The maximum Gasteiger partial charge on any atom is 0.313 e. The molecule has 184 valence electrons. The summed E-state index contributed by atoms with van der Waals surface area (Å²) in [5.41, 5.74) is 3.51. The number of hydrogen-bond donors (Lipinski definition) is 0. The summed E-state index contributed by atoms with van der Waals surface area (Å²) in [4.78, 5) is 27.1.